The quantitative estimate of drug-likeness (QED) is 0.882. The molecular formula is C15H25N5O. The highest BCUT2D eigenvalue weighted by molar-refractivity contribution is 5.29. The number of ether oxygens (including phenoxy) is 1. The summed E-state index contributed by atoms with van der Waals surface area (Å²) in [5.41, 5.74) is 10.9. The molecule has 0 saturated carbocycles. The average molecular weight is 291 g/mol. The first-order valence-electron chi connectivity index (χ1n) is 7.33. The van der Waals surface area contributed by atoms with Gasteiger partial charge in [-0.3, -0.25) is 9.36 Å². The zero-order valence-electron chi connectivity index (χ0n) is 13.6. The van der Waals surface area contributed by atoms with E-state index in [0.29, 0.717) is 0 Å². The molecule has 2 aromatic heterocycles. The fraction of sp³-hybridized carbons (Fsp3) is 0.600. The monoisotopic (exact) mass is 291 g/mol. The largest absolute Gasteiger partial charge is 0.493 e. The van der Waals surface area contributed by atoms with Gasteiger partial charge < -0.3 is 10.5 Å². The Hall–Kier alpha value is -1.82. The van der Waals surface area contributed by atoms with Gasteiger partial charge in [-0.15, -0.1) is 0 Å². The molecule has 2 rings (SSSR count). The van der Waals surface area contributed by atoms with Crippen molar-refractivity contribution in [3.05, 3.63) is 28.8 Å². The number of rotatable bonds is 6. The van der Waals surface area contributed by atoms with Crippen LogP contribution in [-0.2, 0) is 20.0 Å². The molecule has 6 heteroatoms. The maximum Gasteiger partial charge on any atom is 0.161 e. The maximum absolute atomic E-state index is 6.38. The molecule has 2 heterocycles. The van der Waals surface area contributed by atoms with E-state index in [2.05, 4.69) is 24.0 Å². The first kappa shape index (κ1) is 15.6. The summed E-state index contributed by atoms with van der Waals surface area (Å²) in [4.78, 5) is 0. The van der Waals surface area contributed by atoms with Crippen molar-refractivity contribution in [1.29, 1.82) is 0 Å². The van der Waals surface area contributed by atoms with E-state index in [9.17, 15) is 0 Å². The van der Waals surface area contributed by atoms with Gasteiger partial charge in [-0.05, 0) is 39.2 Å². The number of nitrogens with zero attached hydrogens (tertiary/aromatic N) is 4. The van der Waals surface area contributed by atoms with E-state index in [-0.39, 0.29) is 6.04 Å². The van der Waals surface area contributed by atoms with E-state index >= 15 is 0 Å². The first-order valence-corrected chi connectivity index (χ1v) is 7.33. The van der Waals surface area contributed by atoms with Gasteiger partial charge in [0.1, 0.15) is 0 Å². The van der Waals surface area contributed by atoms with Gasteiger partial charge in [0.15, 0.2) is 5.75 Å². The van der Waals surface area contributed by atoms with Crippen molar-refractivity contribution in [1.82, 2.24) is 19.6 Å². The van der Waals surface area contributed by atoms with Crippen molar-refractivity contribution >= 4 is 0 Å². The van der Waals surface area contributed by atoms with Crippen LogP contribution >= 0.6 is 0 Å². The fourth-order valence-electron chi connectivity index (χ4n) is 2.78. The number of methoxy groups -OCH3 is 1. The molecule has 0 radical (unpaired) electrons. The summed E-state index contributed by atoms with van der Waals surface area (Å²) in [7, 11) is 3.63. The van der Waals surface area contributed by atoms with Crippen LogP contribution in [0.25, 0.3) is 0 Å². The average Bonchev–Trinajstić information content (AvgIpc) is 2.98. The van der Waals surface area contributed by atoms with Gasteiger partial charge in [-0.2, -0.15) is 10.2 Å². The minimum absolute atomic E-state index is 0.0959. The zero-order valence-corrected chi connectivity index (χ0v) is 13.6. The SMILES string of the molecule is CCn1ncc(OC)c1C(N)CCc1c(C)nn(C)c1C. The smallest absolute Gasteiger partial charge is 0.161 e. The Morgan fingerprint density at radius 2 is 2.10 bits per heavy atom. The van der Waals surface area contributed by atoms with Crippen LogP contribution in [0.15, 0.2) is 6.20 Å². The van der Waals surface area contributed by atoms with Gasteiger partial charge in [-0.25, -0.2) is 0 Å². The number of hydrogen-bond donors (Lipinski definition) is 1. The molecule has 0 fully saturated rings. The van der Waals surface area contributed by atoms with E-state index in [1.807, 2.05) is 23.3 Å². The molecule has 0 bridgehead atoms. The fourth-order valence-corrected chi connectivity index (χ4v) is 2.78. The van der Waals surface area contributed by atoms with Crippen LogP contribution in [0.5, 0.6) is 5.75 Å². The number of aryl methyl sites for hydroxylation is 3. The summed E-state index contributed by atoms with van der Waals surface area (Å²) in [6.07, 6.45) is 3.49. The topological polar surface area (TPSA) is 70.9 Å². The van der Waals surface area contributed by atoms with E-state index in [0.717, 1.165) is 36.5 Å². The van der Waals surface area contributed by atoms with Crippen molar-refractivity contribution in [3.63, 3.8) is 0 Å². The normalized spacial score (nSPS) is 12.7. The highest BCUT2D eigenvalue weighted by atomic mass is 16.5. The molecule has 116 valence electrons. The Morgan fingerprint density at radius 3 is 2.62 bits per heavy atom. The first-order chi connectivity index (χ1) is 9.99. The van der Waals surface area contributed by atoms with Crippen molar-refractivity contribution in [2.24, 2.45) is 12.8 Å². The molecule has 0 amide bonds. The van der Waals surface area contributed by atoms with Gasteiger partial charge in [0.25, 0.3) is 0 Å². The van der Waals surface area contributed by atoms with Gasteiger partial charge in [0.05, 0.1) is 30.7 Å². The van der Waals surface area contributed by atoms with Crippen LogP contribution in [0.2, 0.25) is 0 Å². The van der Waals surface area contributed by atoms with Gasteiger partial charge in [0, 0.05) is 19.3 Å². The second-order valence-electron chi connectivity index (χ2n) is 5.33. The lowest BCUT2D eigenvalue weighted by Gasteiger charge is -2.15. The Labute approximate surface area is 125 Å². The van der Waals surface area contributed by atoms with Crippen LogP contribution in [-0.4, -0.2) is 26.7 Å². The Bertz CT molecular complexity index is 592. The second kappa shape index (κ2) is 6.30. The molecule has 0 saturated heterocycles. The summed E-state index contributed by atoms with van der Waals surface area (Å²) >= 11 is 0. The lowest BCUT2D eigenvalue weighted by molar-refractivity contribution is 0.399. The molecule has 0 aliphatic rings. The van der Waals surface area contributed by atoms with Crippen LogP contribution in [0.3, 0.4) is 0 Å². The summed E-state index contributed by atoms with van der Waals surface area (Å²) in [5, 5.41) is 8.77. The van der Waals surface area contributed by atoms with E-state index in [1.165, 1.54) is 11.3 Å². The van der Waals surface area contributed by atoms with Crippen molar-refractivity contribution in [3.8, 4) is 5.75 Å². The summed E-state index contributed by atoms with van der Waals surface area (Å²) in [6.45, 7) is 6.98. The Balaban J connectivity index is 2.15. The molecule has 6 nitrogen and oxygen atoms in total. The third-order valence-corrected chi connectivity index (χ3v) is 4.08. The summed E-state index contributed by atoms with van der Waals surface area (Å²) < 4.78 is 9.21. The van der Waals surface area contributed by atoms with Gasteiger partial charge >= 0.3 is 0 Å². The van der Waals surface area contributed by atoms with Crippen LogP contribution in [0, 0.1) is 13.8 Å². The molecule has 0 aliphatic heterocycles. The van der Waals surface area contributed by atoms with Crippen LogP contribution in [0.4, 0.5) is 0 Å². The second-order valence-corrected chi connectivity index (χ2v) is 5.33. The number of nitrogens with two attached hydrogens (primary N) is 1. The van der Waals surface area contributed by atoms with E-state index < -0.39 is 0 Å². The molecule has 1 atom stereocenters. The van der Waals surface area contributed by atoms with Crippen LogP contribution < -0.4 is 10.5 Å². The zero-order chi connectivity index (χ0) is 15.6. The maximum atomic E-state index is 6.38. The lowest BCUT2D eigenvalue weighted by atomic mass is 10.0. The molecule has 0 spiro atoms. The number of aromatic nitrogens is 4. The molecule has 2 aromatic rings. The molecule has 21 heavy (non-hydrogen) atoms. The van der Waals surface area contributed by atoms with E-state index in [4.69, 9.17) is 10.5 Å². The highest BCUT2D eigenvalue weighted by Gasteiger charge is 2.19. The van der Waals surface area contributed by atoms with Gasteiger partial charge in [0.2, 0.25) is 0 Å². The molecule has 0 aromatic carbocycles. The summed E-state index contributed by atoms with van der Waals surface area (Å²) in [6, 6.07) is -0.0959. The standard InChI is InChI=1S/C15H25N5O/c1-6-20-15(14(21-5)9-17-20)13(16)8-7-12-10(2)18-19(4)11(12)3/h9,13H,6-8,16H2,1-5H3. The lowest BCUT2D eigenvalue weighted by Crippen LogP contribution is -2.17. The van der Waals surface area contributed by atoms with Gasteiger partial charge in [-0.1, -0.05) is 0 Å². The van der Waals surface area contributed by atoms with Crippen molar-refractivity contribution in [2.45, 2.75) is 46.2 Å². The minimum atomic E-state index is -0.0959. The minimum Gasteiger partial charge on any atom is -0.493 e. The third kappa shape index (κ3) is 2.95. The molecule has 0 aliphatic carbocycles. The van der Waals surface area contributed by atoms with E-state index in [1.54, 1.807) is 13.3 Å². The molecule has 1 unspecified atom stereocenters. The predicted octanol–water partition coefficient (Wildman–Crippen LogP) is 1.89. The number of hydrogen-bond acceptors (Lipinski definition) is 4. The van der Waals surface area contributed by atoms with Crippen molar-refractivity contribution < 1.29 is 4.74 Å². The third-order valence-electron chi connectivity index (χ3n) is 4.08. The van der Waals surface area contributed by atoms with Crippen molar-refractivity contribution in [2.75, 3.05) is 7.11 Å². The Morgan fingerprint density at radius 1 is 1.38 bits per heavy atom. The predicted molar refractivity (Wildman–Crippen MR) is 82.4 cm³/mol. The molecular weight excluding hydrogens is 266 g/mol. The summed E-state index contributed by atoms with van der Waals surface area (Å²) in [5.74, 6) is 0.768. The Kier molecular flexibility index (Phi) is 4.67. The van der Waals surface area contributed by atoms with Crippen LogP contribution in [0.1, 0.15) is 42.0 Å². The highest BCUT2D eigenvalue weighted by Crippen LogP contribution is 2.27. The molecule has 2 N–H and O–H groups in total.